The first-order valence-electron chi connectivity index (χ1n) is 5.83. The van der Waals surface area contributed by atoms with E-state index in [-0.39, 0.29) is 11.9 Å². The number of rotatable bonds is 2. The molecule has 1 atom stereocenters. The Bertz CT molecular complexity index is 280. The van der Waals surface area contributed by atoms with Gasteiger partial charge in [-0.2, -0.15) is 0 Å². The Morgan fingerprint density at radius 1 is 1.38 bits per heavy atom. The lowest BCUT2D eigenvalue weighted by atomic mass is 10.1. The van der Waals surface area contributed by atoms with Crippen LogP contribution in [-0.4, -0.2) is 35.0 Å². The normalized spacial score (nSPS) is 19.5. The van der Waals surface area contributed by atoms with Gasteiger partial charge < -0.3 is 9.64 Å². The van der Waals surface area contributed by atoms with Gasteiger partial charge >= 0.3 is 5.97 Å². The predicted molar refractivity (Wildman–Crippen MR) is 60.9 cm³/mol. The molecule has 1 unspecified atom stereocenters. The average Bonchev–Trinajstić information content (AvgIpc) is 2.15. The first-order valence-corrected chi connectivity index (χ1v) is 5.83. The highest BCUT2D eigenvalue weighted by molar-refractivity contribution is 5.84. The molecule has 1 saturated heterocycles. The van der Waals surface area contributed by atoms with Crippen LogP contribution in [0, 0.1) is 0 Å². The summed E-state index contributed by atoms with van der Waals surface area (Å²) in [4.78, 5) is 25.0. The molecule has 92 valence electrons. The molecule has 0 spiro atoms. The summed E-state index contributed by atoms with van der Waals surface area (Å²) in [5.74, 6) is -0.257. The minimum absolute atomic E-state index is 0.0598. The van der Waals surface area contributed by atoms with Crippen molar-refractivity contribution in [1.29, 1.82) is 0 Å². The van der Waals surface area contributed by atoms with Crippen LogP contribution in [0.2, 0.25) is 0 Å². The van der Waals surface area contributed by atoms with Gasteiger partial charge in [-0.15, -0.1) is 0 Å². The fourth-order valence-electron chi connectivity index (χ4n) is 1.75. The summed E-state index contributed by atoms with van der Waals surface area (Å²) in [6.45, 7) is 7.89. The minimum Gasteiger partial charge on any atom is -0.458 e. The third kappa shape index (κ3) is 3.51. The second-order valence-electron chi connectivity index (χ2n) is 5.25. The molecule has 0 bridgehead atoms. The molecule has 16 heavy (non-hydrogen) atoms. The number of piperidine rings is 1. The van der Waals surface area contributed by atoms with Gasteiger partial charge in [0.05, 0.1) is 0 Å². The summed E-state index contributed by atoms with van der Waals surface area (Å²) in [7, 11) is 0. The summed E-state index contributed by atoms with van der Waals surface area (Å²) in [6.07, 6.45) is 2.45. The Hall–Kier alpha value is -1.06. The van der Waals surface area contributed by atoms with Crippen LogP contribution in [0.1, 0.15) is 47.0 Å². The molecule has 1 rings (SSSR count). The highest BCUT2D eigenvalue weighted by Crippen LogP contribution is 2.16. The van der Waals surface area contributed by atoms with E-state index in [0.29, 0.717) is 13.0 Å². The summed E-state index contributed by atoms with van der Waals surface area (Å²) in [5, 5.41) is 0. The number of hydrogen-bond acceptors (Lipinski definition) is 3. The largest absolute Gasteiger partial charge is 0.458 e. The van der Waals surface area contributed by atoms with E-state index in [2.05, 4.69) is 0 Å². The molecule has 4 heteroatoms. The van der Waals surface area contributed by atoms with E-state index in [1.54, 1.807) is 11.8 Å². The number of likely N-dealkylation sites (tertiary alicyclic amines) is 1. The molecule has 0 aromatic rings. The standard InChI is InChI=1S/C12H21NO3/c1-9(11(15)16-12(2,3)4)13-8-6-5-7-10(13)14/h9H,5-8H2,1-4H3. The molecule has 0 radical (unpaired) electrons. The smallest absolute Gasteiger partial charge is 0.329 e. The molecular formula is C12H21NO3. The van der Waals surface area contributed by atoms with Crippen LogP contribution in [0.25, 0.3) is 0 Å². The van der Waals surface area contributed by atoms with Crippen LogP contribution in [0.3, 0.4) is 0 Å². The third-order valence-electron chi connectivity index (χ3n) is 2.58. The van der Waals surface area contributed by atoms with Crippen molar-refractivity contribution in [2.45, 2.75) is 58.6 Å². The minimum atomic E-state index is -0.496. The van der Waals surface area contributed by atoms with Crippen molar-refractivity contribution in [2.24, 2.45) is 0 Å². The monoisotopic (exact) mass is 227 g/mol. The quantitative estimate of drug-likeness (QED) is 0.675. The van der Waals surface area contributed by atoms with Crippen molar-refractivity contribution in [3.05, 3.63) is 0 Å². The fourth-order valence-corrected chi connectivity index (χ4v) is 1.75. The summed E-state index contributed by atoms with van der Waals surface area (Å²) in [5.41, 5.74) is -0.496. The van der Waals surface area contributed by atoms with Crippen LogP contribution >= 0.6 is 0 Å². The Labute approximate surface area is 96.9 Å². The molecule has 1 fully saturated rings. The first-order chi connectivity index (χ1) is 7.31. The van der Waals surface area contributed by atoms with Crippen molar-refractivity contribution in [1.82, 2.24) is 4.90 Å². The van der Waals surface area contributed by atoms with Crippen molar-refractivity contribution in [3.63, 3.8) is 0 Å². The Morgan fingerprint density at radius 3 is 2.50 bits per heavy atom. The van der Waals surface area contributed by atoms with Crippen LogP contribution < -0.4 is 0 Å². The van der Waals surface area contributed by atoms with E-state index in [1.165, 1.54) is 0 Å². The summed E-state index contributed by atoms with van der Waals surface area (Å²) in [6, 6.07) is -0.466. The third-order valence-corrected chi connectivity index (χ3v) is 2.58. The molecule has 0 N–H and O–H groups in total. The van der Waals surface area contributed by atoms with Crippen molar-refractivity contribution >= 4 is 11.9 Å². The maximum Gasteiger partial charge on any atom is 0.329 e. The lowest BCUT2D eigenvalue weighted by Gasteiger charge is -2.32. The van der Waals surface area contributed by atoms with E-state index in [0.717, 1.165) is 12.8 Å². The zero-order valence-electron chi connectivity index (χ0n) is 10.6. The molecule has 1 heterocycles. The van der Waals surface area contributed by atoms with Gasteiger partial charge in [0.15, 0.2) is 0 Å². The van der Waals surface area contributed by atoms with E-state index in [9.17, 15) is 9.59 Å². The van der Waals surface area contributed by atoms with E-state index < -0.39 is 11.6 Å². The number of ether oxygens (including phenoxy) is 1. The highest BCUT2D eigenvalue weighted by atomic mass is 16.6. The molecule has 4 nitrogen and oxygen atoms in total. The van der Waals surface area contributed by atoms with E-state index in [1.807, 2.05) is 20.8 Å². The lowest BCUT2D eigenvalue weighted by Crippen LogP contribution is -2.47. The molecule has 1 aliphatic rings. The second kappa shape index (κ2) is 4.85. The van der Waals surface area contributed by atoms with Gasteiger partial charge in [0.1, 0.15) is 11.6 Å². The number of esters is 1. The van der Waals surface area contributed by atoms with Crippen LogP contribution in [0.15, 0.2) is 0 Å². The molecular weight excluding hydrogens is 206 g/mol. The van der Waals surface area contributed by atoms with Crippen molar-refractivity contribution in [2.75, 3.05) is 6.54 Å². The molecule has 1 amide bonds. The highest BCUT2D eigenvalue weighted by Gasteiger charge is 2.30. The number of amides is 1. The maximum atomic E-state index is 11.8. The molecule has 0 aromatic heterocycles. The van der Waals surface area contributed by atoms with Crippen LogP contribution in [0.4, 0.5) is 0 Å². The van der Waals surface area contributed by atoms with Crippen LogP contribution in [0.5, 0.6) is 0 Å². The predicted octanol–water partition coefficient (Wildman–Crippen LogP) is 1.73. The van der Waals surface area contributed by atoms with Gasteiger partial charge in [-0.1, -0.05) is 0 Å². The molecule has 0 saturated carbocycles. The zero-order chi connectivity index (χ0) is 12.3. The fraction of sp³-hybridized carbons (Fsp3) is 0.833. The Balaban J connectivity index is 2.59. The second-order valence-corrected chi connectivity index (χ2v) is 5.25. The summed E-state index contributed by atoms with van der Waals surface area (Å²) < 4.78 is 5.27. The van der Waals surface area contributed by atoms with E-state index >= 15 is 0 Å². The van der Waals surface area contributed by atoms with Crippen molar-refractivity contribution in [3.8, 4) is 0 Å². The topological polar surface area (TPSA) is 46.6 Å². The number of nitrogens with zero attached hydrogens (tertiary/aromatic N) is 1. The number of carbonyl (C=O) groups is 2. The average molecular weight is 227 g/mol. The first kappa shape index (κ1) is 13.0. The van der Waals surface area contributed by atoms with Gasteiger partial charge in [-0.25, -0.2) is 4.79 Å². The Morgan fingerprint density at radius 2 is 2.00 bits per heavy atom. The maximum absolute atomic E-state index is 11.8. The van der Waals surface area contributed by atoms with Crippen LogP contribution in [-0.2, 0) is 14.3 Å². The van der Waals surface area contributed by atoms with Crippen molar-refractivity contribution < 1.29 is 14.3 Å². The summed E-state index contributed by atoms with van der Waals surface area (Å²) >= 11 is 0. The zero-order valence-corrected chi connectivity index (χ0v) is 10.6. The molecule has 0 aliphatic carbocycles. The van der Waals surface area contributed by atoms with Gasteiger partial charge in [-0.05, 0) is 40.5 Å². The SMILES string of the molecule is CC(C(=O)OC(C)(C)C)N1CCCCC1=O. The van der Waals surface area contributed by atoms with Gasteiger partial charge in [-0.3, -0.25) is 4.79 Å². The molecule has 1 aliphatic heterocycles. The van der Waals surface area contributed by atoms with E-state index in [4.69, 9.17) is 4.74 Å². The van der Waals surface area contributed by atoms with Gasteiger partial charge in [0.25, 0.3) is 0 Å². The number of hydrogen-bond donors (Lipinski definition) is 0. The lowest BCUT2D eigenvalue weighted by molar-refractivity contribution is -0.164. The van der Waals surface area contributed by atoms with Gasteiger partial charge in [0.2, 0.25) is 5.91 Å². The Kier molecular flexibility index (Phi) is 3.94. The number of carbonyl (C=O) groups excluding carboxylic acids is 2. The molecule has 0 aromatic carbocycles. The van der Waals surface area contributed by atoms with Gasteiger partial charge in [0, 0.05) is 13.0 Å².